The minimum atomic E-state index is -3.60. The van der Waals surface area contributed by atoms with Gasteiger partial charge in [-0.3, -0.25) is 9.82 Å². The van der Waals surface area contributed by atoms with Gasteiger partial charge in [0, 0.05) is 12.1 Å². The van der Waals surface area contributed by atoms with Crippen molar-refractivity contribution in [2.75, 3.05) is 11.3 Å². The minimum Gasteiger partial charge on any atom is -0.493 e. The molecule has 6 nitrogen and oxygen atoms in total. The number of anilines is 1. The highest BCUT2D eigenvalue weighted by Crippen LogP contribution is 2.29. The Kier molecular flexibility index (Phi) is 2.70. The van der Waals surface area contributed by atoms with Crippen LogP contribution in [0.4, 0.5) is 5.69 Å². The summed E-state index contributed by atoms with van der Waals surface area (Å²) in [6.07, 6.45) is 2.10. The zero-order valence-electron chi connectivity index (χ0n) is 10.3. The summed E-state index contributed by atoms with van der Waals surface area (Å²) >= 11 is 0. The smallest absolute Gasteiger partial charge is 0.265 e. The van der Waals surface area contributed by atoms with Crippen molar-refractivity contribution in [1.29, 1.82) is 0 Å². The highest BCUT2D eigenvalue weighted by molar-refractivity contribution is 7.92. The van der Waals surface area contributed by atoms with Crippen molar-refractivity contribution in [1.82, 2.24) is 10.2 Å². The maximum absolute atomic E-state index is 12.2. The van der Waals surface area contributed by atoms with E-state index >= 15 is 0 Å². The van der Waals surface area contributed by atoms with E-state index in [-0.39, 0.29) is 4.90 Å². The first-order chi connectivity index (χ1) is 9.06. The number of aromatic amines is 1. The second kappa shape index (κ2) is 4.27. The molecule has 0 atom stereocenters. The molecular formula is C12H13N3O3S. The van der Waals surface area contributed by atoms with Crippen LogP contribution >= 0.6 is 0 Å². The number of aromatic nitrogens is 2. The van der Waals surface area contributed by atoms with Gasteiger partial charge >= 0.3 is 0 Å². The Morgan fingerprint density at radius 2 is 2.26 bits per heavy atom. The van der Waals surface area contributed by atoms with E-state index in [4.69, 9.17) is 4.74 Å². The molecule has 0 aliphatic carbocycles. The Hall–Kier alpha value is -2.02. The summed E-state index contributed by atoms with van der Waals surface area (Å²) in [6, 6.07) is 5.27. The molecule has 2 heterocycles. The molecule has 1 aliphatic heterocycles. The number of H-pyrrole nitrogens is 1. The Morgan fingerprint density at radius 3 is 3.00 bits per heavy atom. The summed E-state index contributed by atoms with van der Waals surface area (Å²) < 4.78 is 32.3. The van der Waals surface area contributed by atoms with Gasteiger partial charge in [-0.25, -0.2) is 8.42 Å². The first kappa shape index (κ1) is 12.0. The summed E-state index contributed by atoms with van der Waals surface area (Å²) in [5.74, 6) is 0.822. The highest BCUT2D eigenvalue weighted by atomic mass is 32.2. The van der Waals surface area contributed by atoms with Crippen LogP contribution < -0.4 is 9.46 Å². The highest BCUT2D eigenvalue weighted by Gasteiger charge is 2.20. The van der Waals surface area contributed by atoms with Crippen LogP contribution in [-0.2, 0) is 16.4 Å². The summed E-state index contributed by atoms with van der Waals surface area (Å²) in [4.78, 5) is 0.157. The van der Waals surface area contributed by atoms with Crippen LogP contribution in [0.3, 0.4) is 0 Å². The largest absolute Gasteiger partial charge is 0.493 e. The molecule has 0 radical (unpaired) electrons. The fourth-order valence-corrected chi connectivity index (χ4v) is 3.26. The van der Waals surface area contributed by atoms with Crippen molar-refractivity contribution in [3.8, 4) is 5.75 Å². The maximum atomic E-state index is 12.2. The summed E-state index contributed by atoms with van der Waals surface area (Å²) in [5, 5.41) is 6.34. The number of benzene rings is 1. The van der Waals surface area contributed by atoms with Crippen molar-refractivity contribution in [3.63, 3.8) is 0 Å². The Balaban J connectivity index is 1.91. The molecular weight excluding hydrogens is 266 g/mol. The number of aryl methyl sites for hydroxylation is 1. The molecule has 1 aliphatic rings. The Labute approximate surface area is 110 Å². The van der Waals surface area contributed by atoms with E-state index in [0.29, 0.717) is 18.0 Å². The van der Waals surface area contributed by atoms with Crippen LogP contribution in [0.1, 0.15) is 11.3 Å². The lowest BCUT2D eigenvalue weighted by Crippen LogP contribution is -2.13. The molecule has 0 saturated heterocycles. The lowest BCUT2D eigenvalue weighted by molar-refractivity contribution is 0.357. The van der Waals surface area contributed by atoms with Gasteiger partial charge in [0.15, 0.2) is 0 Å². The van der Waals surface area contributed by atoms with Gasteiger partial charge in [-0.2, -0.15) is 5.10 Å². The van der Waals surface area contributed by atoms with Crippen LogP contribution in [0.5, 0.6) is 5.75 Å². The lowest BCUT2D eigenvalue weighted by atomic mass is 10.1. The number of ether oxygens (including phenoxy) is 1. The fraction of sp³-hybridized carbons (Fsp3) is 0.250. The number of rotatable bonds is 3. The molecule has 19 heavy (non-hydrogen) atoms. The second-order valence-corrected chi connectivity index (χ2v) is 6.04. The number of fused-ring (bicyclic) bond motifs is 1. The minimum absolute atomic E-state index is 0.157. The zero-order valence-corrected chi connectivity index (χ0v) is 11.1. The fourth-order valence-electron chi connectivity index (χ4n) is 2.07. The third-order valence-electron chi connectivity index (χ3n) is 3.01. The number of nitrogens with zero attached hydrogens (tertiary/aromatic N) is 1. The molecule has 7 heteroatoms. The SMILES string of the molecule is Cc1[nH]ncc1S(=O)(=O)Nc1ccc2c(c1)CCO2. The summed E-state index contributed by atoms with van der Waals surface area (Å²) in [5.41, 5.74) is 2.06. The van der Waals surface area contributed by atoms with Crippen molar-refractivity contribution in [2.24, 2.45) is 0 Å². The van der Waals surface area contributed by atoms with Gasteiger partial charge in [-0.1, -0.05) is 0 Å². The first-order valence-corrected chi connectivity index (χ1v) is 7.33. The van der Waals surface area contributed by atoms with E-state index in [1.54, 1.807) is 25.1 Å². The molecule has 3 rings (SSSR count). The summed E-state index contributed by atoms with van der Waals surface area (Å²) in [7, 11) is -3.60. The predicted octanol–water partition coefficient (Wildman–Crippen LogP) is 1.45. The van der Waals surface area contributed by atoms with E-state index < -0.39 is 10.0 Å². The van der Waals surface area contributed by atoms with Crippen LogP contribution in [0.25, 0.3) is 0 Å². The quantitative estimate of drug-likeness (QED) is 0.890. The normalized spacial score (nSPS) is 13.9. The van der Waals surface area contributed by atoms with Gasteiger partial charge in [0.25, 0.3) is 10.0 Å². The molecule has 0 fully saturated rings. The van der Waals surface area contributed by atoms with E-state index in [1.807, 2.05) is 0 Å². The standard InChI is InChI=1S/C12H13N3O3S/c1-8-12(7-13-14-8)19(16,17)15-10-2-3-11-9(6-10)4-5-18-11/h2-3,6-7,15H,4-5H2,1H3,(H,13,14). The van der Waals surface area contributed by atoms with Gasteiger partial charge in [-0.05, 0) is 30.7 Å². The number of nitrogens with one attached hydrogen (secondary N) is 2. The van der Waals surface area contributed by atoms with Crippen molar-refractivity contribution in [3.05, 3.63) is 35.7 Å². The number of sulfonamides is 1. The second-order valence-electron chi connectivity index (χ2n) is 4.39. The molecule has 0 amide bonds. The van der Waals surface area contributed by atoms with E-state index in [2.05, 4.69) is 14.9 Å². The zero-order chi connectivity index (χ0) is 13.5. The molecule has 2 N–H and O–H groups in total. The molecule has 1 aromatic heterocycles. The topological polar surface area (TPSA) is 84.1 Å². The lowest BCUT2D eigenvalue weighted by Gasteiger charge is -2.08. The van der Waals surface area contributed by atoms with Gasteiger partial charge < -0.3 is 4.74 Å². The van der Waals surface area contributed by atoms with E-state index in [0.717, 1.165) is 17.7 Å². The first-order valence-electron chi connectivity index (χ1n) is 5.85. The van der Waals surface area contributed by atoms with Gasteiger partial charge in [-0.15, -0.1) is 0 Å². The average Bonchev–Trinajstić information content (AvgIpc) is 2.96. The van der Waals surface area contributed by atoms with Crippen molar-refractivity contribution in [2.45, 2.75) is 18.2 Å². The maximum Gasteiger partial charge on any atom is 0.265 e. The monoisotopic (exact) mass is 279 g/mol. The molecule has 0 saturated carbocycles. The van der Waals surface area contributed by atoms with Crippen LogP contribution in [0, 0.1) is 6.92 Å². The van der Waals surface area contributed by atoms with E-state index in [1.165, 1.54) is 6.20 Å². The molecule has 1 aromatic carbocycles. The molecule has 0 spiro atoms. The van der Waals surface area contributed by atoms with Crippen molar-refractivity contribution >= 4 is 15.7 Å². The Bertz CT molecular complexity index is 722. The van der Waals surface area contributed by atoms with Crippen molar-refractivity contribution < 1.29 is 13.2 Å². The average molecular weight is 279 g/mol. The molecule has 100 valence electrons. The predicted molar refractivity (Wildman–Crippen MR) is 69.8 cm³/mol. The molecule has 0 bridgehead atoms. The molecule has 0 unspecified atom stereocenters. The van der Waals surface area contributed by atoms with E-state index in [9.17, 15) is 8.42 Å². The van der Waals surface area contributed by atoms with Gasteiger partial charge in [0.05, 0.1) is 18.5 Å². The van der Waals surface area contributed by atoms with Gasteiger partial charge in [0.2, 0.25) is 0 Å². The molecule has 2 aromatic rings. The Morgan fingerprint density at radius 1 is 1.42 bits per heavy atom. The van der Waals surface area contributed by atoms with Crippen LogP contribution in [0.15, 0.2) is 29.3 Å². The van der Waals surface area contributed by atoms with Crippen LogP contribution in [0.2, 0.25) is 0 Å². The third kappa shape index (κ3) is 2.17. The number of hydrogen-bond donors (Lipinski definition) is 2. The van der Waals surface area contributed by atoms with Gasteiger partial charge in [0.1, 0.15) is 10.6 Å². The summed E-state index contributed by atoms with van der Waals surface area (Å²) in [6.45, 7) is 2.31. The number of hydrogen-bond acceptors (Lipinski definition) is 4. The third-order valence-corrected chi connectivity index (χ3v) is 4.51. The van der Waals surface area contributed by atoms with Crippen LogP contribution in [-0.4, -0.2) is 25.2 Å².